The smallest absolute Gasteiger partial charge is 0.258 e. The molecule has 0 unspecified atom stereocenters. The summed E-state index contributed by atoms with van der Waals surface area (Å²) in [6.07, 6.45) is 0.485. The van der Waals surface area contributed by atoms with E-state index in [0.717, 1.165) is 6.07 Å². The molecule has 8 heteroatoms. The summed E-state index contributed by atoms with van der Waals surface area (Å²) in [6, 6.07) is 6.72. The van der Waals surface area contributed by atoms with Gasteiger partial charge in [-0.1, -0.05) is 11.6 Å². The van der Waals surface area contributed by atoms with Crippen molar-refractivity contribution in [3.63, 3.8) is 0 Å². The van der Waals surface area contributed by atoms with Crippen molar-refractivity contribution >= 4 is 23.4 Å². The zero-order valence-electron chi connectivity index (χ0n) is 14.2. The lowest BCUT2D eigenvalue weighted by atomic mass is 10.1. The van der Waals surface area contributed by atoms with Crippen LogP contribution in [0, 0.1) is 17.5 Å². The Hall–Kier alpha value is -2.54. The number of hydrogen-bond acceptors (Lipinski definition) is 2. The van der Waals surface area contributed by atoms with E-state index < -0.39 is 23.4 Å². The molecule has 0 spiro atoms. The number of nitrogens with zero attached hydrogens (tertiary/aromatic N) is 2. The molecule has 4 nitrogen and oxygen atoms in total. The summed E-state index contributed by atoms with van der Waals surface area (Å²) in [4.78, 5) is 28.1. The van der Waals surface area contributed by atoms with E-state index >= 15 is 0 Å². The fourth-order valence-electron chi connectivity index (χ4n) is 3.00. The molecule has 2 aromatic rings. The third kappa shape index (κ3) is 4.24. The number of carbonyl (C=O) groups excluding carboxylic acids is 2. The fourth-order valence-corrected chi connectivity index (χ4v) is 3.28. The SMILES string of the molecule is O=C(c1ccc(F)cc1)N1CCCN(C(=O)c2c(F)cc(F)cc2Cl)CC1. The summed E-state index contributed by atoms with van der Waals surface area (Å²) in [5, 5.41) is -0.291. The number of halogens is 4. The summed E-state index contributed by atoms with van der Waals surface area (Å²) >= 11 is 5.84. The molecule has 1 saturated heterocycles. The summed E-state index contributed by atoms with van der Waals surface area (Å²) in [7, 11) is 0. The molecule has 3 rings (SSSR count). The molecule has 1 aliphatic heterocycles. The van der Waals surface area contributed by atoms with Gasteiger partial charge in [-0.3, -0.25) is 9.59 Å². The van der Waals surface area contributed by atoms with Crippen LogP contribution in [-0.4, -0.2) is 47.8 Å². The molecule has 0 aromatic heterocycles. The van der Waals surface area contributed by atoms with E-state index in [1.165, 1.54) is 29.2 Å². The highest BCUT2D eigenvalue weighted by atomic mass is 35.5. The van der Waals surface area contributed by atoms with Gasteiger partial charge >= 0.3 is 0 Å². The Labute approximate surface area is 159 Å². The number of rotatable bonds is 2. The molecule has 2 amide bonds. The average Bonchev–Trinajstić information content (AvgIpc) is 2.87. The summed E-state index contributed by atoms with van der Waals surface area (Å²) < 4.78 is 40.2. The Balaban J connectivity index is 1.72. The van der Waals surface area contributed by atoms with Gasteiger partial charge in [-0.15, -0.1) is 0 Å². The van der Waals surface area contributed by atoms with E-state index in [-0.39, 0.29) is 29.6 Å². The van der Waals surface area contributed by atoms with Crippen LogP contribution in [-0.2, 0) is 0 Å². The maximum absolute atomic E-state index is 14.0. The second-order valence-corrected chi connectivity index (χ2v) is 6.60. The van der Waals surface area contributed by atoms with Crippen LogP contribution in [0.25, 0.3) is 0 Å². The number of carbonyl (C=O) groups is 2. The van der Waals surface area contributed by atoms with Crippen LogP contribution in [0.2, 0.25) is 5.02 Å². The van der Waals surface area contributed by atoms with Crippen molar-refractivity contribution in [2.75, 3.05) is 26.2 Å². The molecule has 1 fully saturated rings. The molecule has 0 N–H and O–H groups in total. The minimum Gasteiger partial charge on any atom is -0.337 e. The van der Waals surface area contributed by atoms with E-state index in [1.807, 2.05) is 0 Å². The Morgan fingerprint density at radius 2 is 1.41 bits per heavy atom. The molecule has 2 aromatic carbocycles. The van der Waals surface area contributed by atoms with Gasteiger partial charge in [0.2, 0.25) is 0 Å². The van der Waals surface area contributed by atoms with Gasteiger partial charge in [0.25, 0.3) is 11.8 Å². The molecule has 0 radical (unpaired) electrons. The van der Waals surface area contributed by atoms with Gasteiger partial charge < -0.3 is 9.80 Å². The molecule has 27 heavy (non-hydrogen) atoms. The molecular formula is C19H16ClF3N2O2. The van der Waals surface area contributed by atoms with Crippen LogP contribution in [0.5, 0.6) is 0 Å². The zero-order chi connectivity index (χ0) is 19.6. The average molecular weight is 397 g/mol. The third-order valence-corrected chi connectivity index (χ3v) is 4.68. The summed E-state index contributed by atoms with van der Waals surface area (Å²) in [5.41, 5.74) is -0.0276. The molecular weight excluding hydrogens is 381 g/mol. The highest BCUT2D eigenvalue weighted by Crippen LogP contribution is 2.23. The van der Waals surface area contributed by atoms with Gasteiger partial charge in [0, 0.05) is 37.8 Å². The highest BCUT2D eigenvalue weighted by molar-refractivity contribution is 6.33. The first-order chi connectivity index (χ1) is 12.9. The minimum absolute atomic E-state index is 0.179. The first-order valence-electron chi connectivity index (χ1n) is 8.35. The lowest BCUT2D eigenvalue weighted by Crippen LogP contribution is -2.37. The van der Waals surface area contributed by atoms with Crippen molar-refractivity contribution in [3.05, 3.63) is 70.0 Å². The first-order valence-corrected chi connectivity index (χ1v) is 8.73. The first kappa shape index (κ1) is 19.2. The van der Waals surface area contributed by atoms with Crippen molar-refractivity contribution < 1.29 is 22.8 Å². The molecule has 1 heterocycles. The van der Waals surface area contributed by atoms with Crippen LogP contribution in [0.15, 0.2) is 36.4 Å². The van der Waals surface area contributed by atoms with Gasteiger partial charge in [0.1, 0.15) is 17.5 Å². The van der Waals surface area contributed by atoms with Crippen LogP contribution >= 0.6 is 11.6 Å². The van der Waals surface area contributed by atoms with Gasteiger partial charge in [-0.05, 0) is 36.8 Å². The predicted octanol–water partition coefficient (Wildman–Crippen LogP) is 3.75. The highest BCUT2D eigenvalue weighted by Gasteiger charge is 2.27. The van der Waals surface area contributed by atoms with Gasteiger partial charge in [-0.25, -0.2) is 13.2 Å². The van der Waals surface area contributed by atoms with Crippen molar-refractivity contribution in [2.24, 2.45) is 0 Å². The third-order valence-electron chi connectivity index (χ3n) is 4.38. The topological polar surface area (TPSA) is 40.6 Å². The monoisotopic (exact) mass is 396 g/mol. The Kier molecular flexibility index (Phi) is 5.70. The number of amides is 2. The molecule has 0 saturated carbocycles. The van der Waals surface area contributed by atoms with Crippen LogP contribution in [0.4, 0.5) is 13.2 Å². The molecule has 0 aliphatic carbocycles. The van der Waals surface area contributed by atoms with Gasteiger partial charge in [0.05, 0.1) is 10.6 Å². The minimum atomic E-state index is -1.02. The zero-order valence-corrected chi connectivity index (χ0v) is 15.0. The fraction of sp³-hybridized carbons (Fsp3) is 0.263. The molecule has 142 valence electrons. The van der Waals surface area contributed by atoms with Crippen LogP contribution in [0.1, 0.15) is 27.1 Å². The maximum Gasteiger partial charge on any atom is 0.258 e. The lowest BCUT2D eigenvalue weighted by molar-refractivity contribution is 0.0716. The normalized spacial score (nSPS) is 14.8. The summed E-state index contributed by atoms with van der Waals surface area (Å²) in [5.74, 6) is -3.23. The molecule has 1 aliphatic rings. The van der Waals surface area contributed by atoms with E-state index in [1.54, 1.807) is 4.90 Å². The second kappa shape index (κ2) is 8.00. The van der Waals surface area contributed by atoms with E-state index in [0.29, 0.717) is 31.1 Å². The van der Waals surface area contributed by atoms with Crippen LogP contribution in [0.3, 0.4) is 0 Å². The second-order valence-electron chi connectivity index (χ2n) is 6.19. The Morgan fingerprint density at radius 3 is 2.00 bits per heavy atom. The van der Waals surface area contributed by atoms with E-state index in [2.05, 4.69) is 0 Å². The lowest BCUT2D eigenvalue weighted by Gasteiger charge is -2.23. The maximum atomic E-state index is 14.0. The number of hydrogen-bond donors (Lipinski definition) is 0. The van der Waals surface area contributed by atoms with Crippen molar-refractivity contribution in [3.8, 4) is 0 Å². The molecule has 0 atom stereocenters. The van der Waals surface area contributed by atoms with Crippen molar-refractivity contribution in [1.82, 2.24) is 9.80 Å². The van der Waals surface area contributed by atoms with Gasteiger partial charge in [0.15, 0.2) is 0 Å². The Bertz CT molecular complexity index is 851. The Morgan fingerprint density at radius 1 is 0.815 bits per heavy atom. The summed E-state index contributed by atoms with van der Waals surface area (Å²) in [6.45, 7) is 1.13. The van der Waals surface area contributed by atoms with Gasteiger partial charge in [-0.2, -0.15) is 0 Å². The largest absolute Gasteiger partial charge is 0.337 e. The van der Waals surface area contributed by atoms with Crippen molar-refractivity contribution in [2.45, 2.75) is 6.42 Å². The molecule has 0 bridgehead atoms. The predicted molar refractivity (Wildman–Crippen MR) is 94.2 cm³/mol. The number of benzene rings is 2. The van der Waals surface area contributed by atoms with Crippen molar-refractivity contribution in [1.29, 1.82) is 0 Å². The van der Waals surface area contributed by atoms with E-state index in [9.17, 15) is 22.8 Å². The standard InChI is InChI=1S/C19H16ClF3N2O2/c20-15-10-14(22)11-16(23)17(15)19(27)25-7-1-6-24(8-9-25)18(26)12-2-4-13(21)5-3-12/h2-5,10-11H,1,6-9H2. The van der Waals surface area contributed by atoms with Crippen LogP contribution < -0.4 is 0 Å². The van der Waals surface area contributed by atoms with E-state index in [4.69, 9.17) is 11.6 Å². The quantitative estimate of drug-likeness (QED) is 0.775.